The standard InChI is InChI=1S/C29H27ClN4O3/c1-21-6-5-7-24(20-21)32-28(35)31-18-19-34(29(36)33-23-12-10-22(30)11-13-23)25-14-16-27(17-15-25)37-26-8-3-2-4-9-26/h2-17,20H,18-19H2,1H3,(H,33,36)(H2,31,32,35). The number of urea groups is 2. The number of halogens is 1. The van der Waals surface area contributed by atoms with Gasteiger partial charge in [-0.25, -0.2) is 9.59 Å². The molecule has 0 radical (unpaired) electrons. The molecule has 0 heterocycles. The SMILES string of the molecule is Cc1cccc(NC(=O)NCCN(C(=O)Nc2ccc(Cl)cc2)c2ccc(Oc3ccccc3)cc2)c1. The third-order valence-corrected chi connectivity index (χ3v) is 5.62. The smallest absolute Gasteiger partial charge is 0.326 e. The van der Waals surface area contributed by atoms with Crippen LogP contribution < -0.4 is 25.6 Å². The normalized spacial score (nSPS) is 10.3. The molecule has 3 N–H and O–H groups in total. The molecule has 8 heteroatoms. The lowest BCUT2D eigenvalue weighted by atomic mass is 10.2. The Morgan fingerprint density at radius 1 is 0.784 bits per heavy atom. The summed E-state index contributed by atoms with van der Waals surface area (Å²) >= 11 is 5.96. The average molecular weight is 515 g/mol. The third-order valence-electron chi connectivity index (χ3n) is 5.36. The van der Waals surface area contributed by atoms with E-state index < -0.39 is 0 Å². The lowest BCUT2D eigenvalue weighted by molar-refractivity contribution is 0.250. The van der Waals surface area contributed by atoms with Crippen LogP contribution in [0.5, 0.6) is 11.5 Å². The van der Waals surface area contributed by atoms with Gasteiger partial charge in [0.15, 0.2) is 0 Å². The fraction of sp³-hybridized carbons (Fsp3) is 0.103. The molecule has 4 rings (SSSR count). The fourth-order valence-electron chi connectivity index (χ4n) is 3.57. The molecule has 188 valence electrons. The van der Waals surface area contributed by atoms with E-state index in [4.69, 9.17) is 16.3 Å². The van der Waals surface area contributed by atoms with Gasteiger partial charge in [-0.05, 0) is 85.3 Å². The molecule has 7 nitrogen and oxygen atoms in total. The summed E-state index contributed by atoms with van der Waals surface area (Å²) in [6.07, 6.45) is 0. The van der Waals surface area contributed by atoms with E-state index in [1.807, 2.05) is 61.5 Å². The summed E-state index contributed by atoms with van der Waals surface area (Å²) in [6.45, 7) is 2.42. The first-order valence-corrected chi connectivity index (χ1v) is 12.1. The highest BCUT2D eigenvalue weighted by atomic mass is 35.5. The predicted molar refractivity (Wildman–Crippen MR) is 149 cm³/mol. The molecule has 4 aromatic rings. The van der Waals surface area contributed by atoms with Crippen molar-refractivity contribution < 1.29 is 14.3 Å². The van der Waals surface area contributed by atoms with Crippen molar-refractivity contribution in [3.63, 3.8) is 0 Å². The van der Waals surface area contributed by atoms with Crippen LogP contribution in [0, 0.1) is 6.92 Å². The first-order valence-electron chi connectivity index (χ1n) is 11.7. The van der Waals surface area contributed by atoms with Gasteiger partial charge in [-0.2, -0.15) is 0 Å². The van der Waals surface area contributed by atoms with E-state index in [1.165, 1.54) is 0 Å². The van der Waals surface area contributed by atoms with Gasteiger partial charge in [-0.3, -0.25) is 4.90 Å². The maximum Gasteiger partial charge on any atom is 0.326 e. The number of nitrogens with zero attached hydrogens (tertiary/aromatic N) is 1. The third kappa shape index (κ3) is 7.75. The predicted octanol–water partition coefficient (Wildman–Crippen LogP) is 7.30. The van der Waals surface area contributed by atoms with E-state index in [0.717, 1.165) is 11.3 Å². The van der Waals surface area contributed by atoms with Crippen LogP contribution in [0.3, 0.4) is 0 Å². The summed E-state index contributed by atoms with van der Waals surface area (Å²) in [5.74, 6) is 1.36. The Balaban J connectivity index is 1.43. The molecule has 4 amide bonds. The Kier molecular flexibility index (Phi) is 8.62. The van der Waals surface area contributed by atoms with Gasteiger partial charge in [-0.15, -0.1) is 0 Å². The molecule has 0 bridgehead atoms. The number of hydrogen-bond acceptors (Lipinski definition) is 3. The van der Waals surface area contributed by atoms with Crippen LogP contribution in [0.15, 0.2) is 103 Å². The van der Waals surface area contributed by atoms with Gasteiger partial charge < -0.3 is 20.7 Å². The number of carbonyl (C=O) groups is 2. The number of benzene rings is 4. The van der Waals surface area contributed by atoms with Gasteiger partial charge in [0, 0.05) is 35.2 Å². The topological polar surface area (TPSA) is 82.7 Å². The zero-order valence-electron chi connectivity index (χ0n) is 20.3. The van der Waals surface area contributed by atoms with E-state index in [2.05, 4.69) is 16.0 Å². The van der Waals surface area contributed by atoms with E-state index in [-0.39, 0.29) is 25.2 Å². The second-order valence-corrected chi connectivity index (χ2v) is 8.68. The highest BCUT2D eigenvalue weighted by Gasteiger charge is 2.17. The van der Waals surface area contributed by atoms with Crippen molar-refractivity contribution in [2.45, 2.75) is 6.92 Å². The number of aryl methyl sites for hydroxylation is 1. The van der Waals surface area contributed by atoms with E-state index in [9.17, 15) is 9.59 Å². The number of hydrogen-bond donors (Lipinski definition) is 3. The van der Waals surface area contributed by atoms with Crippen molar-refractivity contribution in [3.05, 3.63) is 114 Å². The molecule has 37 heavy (non-hydrogen) atoms. The van der Waals surface area contributed by atoms with Gasteiger partial charge in [0.25, 0.3) is 0 Å². The quantitative estimate of drug-likeness (QED) is 0.231. The number of amides is 4. The summed E-state index contributed by atoms with van der Waals surface area (Å²) in [7, 11) is 0. The minimum Gasteiger partial charge on any atom is -0.457 e. The van der Waals surface area contributed by atoms with E-state index in [0.29, 0.717) is 27.8 Å². The van der Waals surface area contributed by atoms with Crippen LogP contribution >= 0.6 is 11.6 Å². The largest absolute Gasteiger partial charge is 0.457 e. The van der Waals surface area contributed by atoms with Crippen molar-refractivity contribution in [1.29, 1.82) is 0 Å². The van der Waals surface area contributed by atoms with Crippen LogP contribution in [0.2, 0.25) is 5.02 Å². The number of anilines is 3. The Hall–Kier alpha value is -4.49. The molecule has 0 aromatic heterocycles. The Morgan fingerprint density at radius 3 is 2.19 bits per heavy atom. The summed E-state index contributed by atoms with van der Waals surface area (Å²) in [5, 5.41) is 9.06. The second kappa shape index (κ2) is 12.5. The average Bonchev–Trinajstić information content (AvgIpc) is 2.89. The van der Waals surface area contributed by atoms with Crippen molar-refractivity contribution in [1.82, 2.24) is 5.32 Å². The van der Waals surface area contributed by atoms with Crippen molar-refractivity contribution in [2.24, 2.45) is 0 Å². The molecule has 0 spiro atoms. The molecule has 0 atom stereocenters. The minimum atomic E-state index is -0.352. The summed E-state index contributed by atoms with van der Waals surface area (Å²) in [5.41, 5.74) is 2.99. The highest BCUT2D eigenvalue weighted by Crippen LogP contribution is 2.25. The van der Waals surface area contributed by atoms with Crippen LogP contribution in [0.25, 0.3) is 0 Å². The number of para-hydroxylation sites is 1. The molecule has 0 aliphatic heterocycles. The summed E-state index contributed by atoms with van der Waals surface area (Å²) in [6, 6.07) is 30.3. The molecule has 0 saturated heterocycles. The van der Waals surface area contributed by atoms with Crippen LogP contribution in [0.1, 0.15) is 5.56 Å². The molecule has 0 fully saturated rings. The molecule has 0 saturated carbocycles. The number of rotatable bonds is 8. The fourth-order valence-corrected chi connectivity index (χ4v) is 3.70. The monoisotopic (exact) mass is 514 g/mol. The van der Waals surface area contributed by atoms with Crippen LogP contribution in [-0.4, -0.2) is 25.2 Å². The molecular weight excluding hydrogens is 488 g/mol. The Bertz CT molecular complexity index is 1330. The summed E-state index contributed by atoms with van der Waals surface area (Å²) < 4.78 is 5.86. The van der Waals surface area contributed by atoms with Crippen molar-refractivity contribution in [2.75, 3.05) is 28.6 Å². The van der Waals surface area contributed by atoms with Gasteiger partial charge in [-0.1, -0.05) is 41.9 Å². The van der Waals surface area contributed by atoms with Crippen molar-refractivity contribution in [3.8, 4) is 11.5 Å². The lowest BCUT2D eigenvalue weighted by Crippen LogP contribution is -2.42. The van der Waals surface area contributed by atoms with Crippen LogP contribution in [-0.2, 0) is 0 Å². The van der Waals surface area contributed by atoms with E-state index in [1.54, 1.807) is 53.4 Å². The maximum absolute atomic E-state index is 13.2. The lowest BCUT2D eigenvalue weighted by Gasteiger charge is -2.24. The Labute approximate surface area is 221 Å². The molecule has 0 aliphatic carbocycles. The molecule has 4 aromatic carbocycles. The Morgan fingerprint density at radius 2 is 1.49 bits per heavy atom. The first-order chi connectivity index (χ1) is 18.0. The minimum absolute atomic E-state index is 0.230. The maximum atomic E-state index is 13.2. The van der Waals surface area contributed by atoms with Gasteiger partial charge in [0.2, 0.25) is 0 Å². The number of ether oxygens (including phenoxy) is 1. The zero-order valence-corrected chi connectivity index (χ0v) is 21.0. The number of nitrogens with one attached hydrogen (secondary N) is 3. The van der Waals surface area contributed by atoms with Gasteiger partial charge in [0.1, 0.15) is 11.5 Å². The molecular formula is C29H27ClN4O3. The van der Waals surface area contributed by atoms with Gasteiger partial charge >= 0.3 is 12.1 Å². The highest BCUT2D eigenvalue weighted by molar-refractivity contribution is 6.30. The molecule has 0 aliphatic rings. The van der Waals surface area contributed by atoms with Crippen molar-refractivity contribution >= 4 is 40.7 Å². The zero-order chi connectivity index (χ0) is 26.0. The summed E-state index contributed by atoms with van der Waals surface area (Å²) in [4.78, 5) is 27.1. The number of carbonyl (C=O) groups excluding carboxylic acids is 2. The van der Waals surface area contributed by atoms with E-state index >= 15 is 0 Å². The van der Waals surface area contributed by atoms with Gasteiger partial charge in [0.05, 0.1) is 0 Å². The first kappa shape index (κ1) is 25.6. The van der Waals surface area contributed by atoms with Crippen LogP contribution in [0.4, 0.5) is 26.7 Å². The molecule has 0 unspecified atom stereocenters. The second-order valence-electron chi connectivity index (χ2n) is 8.25.